The summed E-state index contributed by atoms with van der Waals surface area (Å²) in [5.41, 5.74) is 4.93. The van der Waals surface area contributed by atoms with E-state index < -0.39 is 10.5 Å². The van der Waals surface area contributed by atoms with Crippen LogP contribution in [0.3, 0.4) is 0 Å². The molecule has 20 heavy (non-hydrogen) atoms. The Labute approximate surface area is 122 Å². The molecule has 0 amide bonds. The summed E-state index contributed by atoms with van der Waals surface area (Å²) in [6.07, 6.45) is 1.69. The first-order valence-electron chi connectivity index (χ1n) is 6.19. The number of hydrogen-bond donors (Lipinski definition) is 1. The van der Waals surface area contributed by atoms with E-state index in [2.05, 4.69) is 6.07 Å². The Morgan fingerprint density at radius 2 is 2.30 bits per heavy atom. The van der Waals surface area contributed by atoms with Gasteiger partial charge in [0.15, 0.2) is 0 Å². The first kappa shape index (κ1) is 16.2. The van der Waals surface area contributed by atoms with Crippen molar-refractivity contribution in [3.63, 3.8) is 0 Å². The van der Waals surface area contributed by atoms with Gasteiger partial charge in [-0.15, -0.1) is 0 Å². The summed E-state index contributed by atoms with van der Waals surface area (Å²) >= 11 is 5.89. The monoisotopic (exact) mass is 297 g/mol. The Morgan fingerprint density at radius 3 is 2.80 bits per heavy atom. The molecule has 0 bridgehead atoms. The maximum absolute atomic E-state index is 10.6. The molecule has 1 aromatic carbocycles. The van der Waals surface area contributed by atoms with Crippen molar-refractivity contribution in [2.45, 2.75) is 31.7 Å². The summed E-state index contributed by atoms with van der Waals surface area (Å²) in [7, 11) is 0. The fourth-order valence-corrected chi connectivity index (χ4v) is 1.83. The lowest BCUT2D eigenvalue weighted by Gasteiger charge is -2.19. The topological polar surface area (TPSA) is 102 Å². The van der Waals surface area contributed by atoms with Crippen LogP contribution in [0.25, 0.3) is 0 Å². The molecule has 0 aromatic heterocycles. The van der Waals surface area contributed by atoms with Crippen LogP contribution in [-0.2, 0) is 0 Å². The minimum atomic E-state index is -0.831. The molecule has 1 aromatic rings. The van der Waals surface area contributed by atoms with E-state index in [4.69, 9.17) is 27.3 Å². The number of benzene rings is 1. The van der Waals surface area contributed by atoms with Crippen LogP contribution in [-0.4, -0.2) is 17.1 Å². The van der Waals surface area contributed by atoms with Crippen LogP contribution < -0.4 is 10.5 Å². The molecule has 0 saturated heterocycles. The summed E-state index contributed by atoms with van der Waals surface area (Å²) in [6, 6.07) is 6.11. The van der Waals surface area contributed by atoms with E-state index in [0.29, 0.717) is 31.6 Å². The number of ether oxygens (including phenoxy) is 1. The molecular formula is C13H16ClN3O3. The fourth-order valence-electron chi connectivity index (χ4n) is 1.60. The van der Waals surface area contributed by atoms with Gasteiger partial charge in [0.2, 0.25) is 0 Å². The van der Waals surface area contributed by atoms with Crippen LogP contribution in [0.5, 0.6) is 5.75 Å². The van der Waals surface area contributed by atoms with Crippen molar-refractivity contribution >= 4 is 17.3 Å². The van der Waals surface area contributed by atoms with Gasteiger partial charge in [0, 0.05) is 12.1 Å². The number of non-ortho nitro benzene ring substituents is 1. The summed E-state index contributed by atoms with van der Waals surface area (Å²) < 4.78 is 5.44. The van der Waals surface area contributed by atoms with Crippen molar-refractivity contribution in [1.82, 2.24) is 0 Å². The third kappa shape index (κ3) is 4.37. The number of hydrogen-bond acceptors (Lipinski definition) is 5. The summed E-state index contributed by atoms with van der Waals surface area (Å²) in [6.45, 7) is 2.20. The van der Waals surface area contributed by atoms with Crippen LogP contribution in [0.15, 0.2) is 18.2 Å². The predicted molar refractivity (Wildman–Crippen MR) is 75.7 cm³/mol. The van der Waals surface area contributed by atoms with Crippen molar-refractivity contribution in [2.24, 2.45) is 5.73 Å². The van der Waals surface area contributed by atoms with Gasteiger partial charge in [-0.1, -0.05) is 18.5 Å². The number of nitrogens with zero attached hydrogens (tertiary/aromatic N) is 2. The highest BCUT2D eigenvalue weighted by Crippen LogP contribution is 2.28. The molecular weight excluding hydrogens is 282 g/mol. The van der Waals surface area contributed by atoms with Crippen molar-refractivity contribution in [2.75, 3.05) is 6.61 Å². The van der Waals surface area contributed by atoms with Crippen LogP contribution in [0.1, 0.15) is 26.2 Å². The molecule has 0 aliphatic rings. The average molecular weight is 298 g/mol. The van der Waals surface area contributed by atoms with E-state index in [-0.39, 0.29) is 10.7 Å². The van der Waals surface area contributed by atoms with Gasteiger partial charge in [0.1, 0.15) is 11.3 Å². The first-order chi connectivity index (χ1) is 9.41. The number of nitro benzene ring substituents is 1. The lowest BCUT2D eigenvalue weighted by Crippen LogP contribution is -2.37. The van der Waals surface area contributed by atoms with Gasteiger partial charge >= 0.3 is 0 Å². The number of nitrogens with two attached hydrogens (primary N) is 1. The highest BCUT2D eigenvalue weighted by atomic mass is 35.5. The minimum Gasteiger partial charge on any atom is -0.492 e. The van der Waals surface area contributed by atoms with E-state index in [9.17, 15) is 10.1 Å². The smallest absolute Gasteiger partial charge is 0.271 e. The van der Waals surface area contributed by atoms with Gasteiger partial charge in [0.05, 0.1) is 22.6 Å². The molecule has 108 valence electrons. The van der Waals surface area contributed by atoms with Crippen molar-refractivity contribution in [3.8, 4) is 11.8 Å². The Morgan fingerprint density at radius 1 is 1.60 bits per heavy atom. The SMILES string of the molecule is CCC(N)(C#N)CCCOc1ccc([N+](=O)[O-])cc1Cl. The number of nitriles is 1. The number of halogens is 1. The van der Waals surface area contributed by atoms with Gasteiger partial charge in [-0.25, -0.2) is 0 Å². The van der Waals surface area contributed by atoms with Crippen molar-refractivity contribution < 1.29 is 9.66 Å². The molecule has 1 atom stereocenters. The molecule has 7 heteroatoms. The second-order valence-corrected chi connectivity index (χ2v) is 4.85. The van der Waals surface area contributed by atoms with Crippen LogP contribution in [0, 0.1) is 21.4 Å². The quantitative estimate of drug-likeness (QED) is 0.473. The fraction of sp³-hybridized carbons (Fsp3) is 0.462. The summed E-state index contributed by atoms with van der Waals surface area (Å²) in [4.78, 5) is 10.0. The summed E-state index contributed by atoms with van der Waals surface area (Å²) in [5.74, 6) is 0.383. The van der Waals surface area contributed by atoms with Crippen molar-refractivity contribution in [1.29, 1.82) is 5.26 Å². The van der Waals surface area contributed by atoms with Crippen LogP contribution in [0.4, 0.5) is 5.69 Å². The molecule has 0 aliphatic heterocycles. The molecule has 1 rings (SSSR count). The Hall–Kier alpha value is -1.84. The minimum absolute atomic E-state index is 0.0845. The molecule has 1 unspecified atom stereocenters. The van der Waals surface area contributed by atoms with Crippen LogP contribution in [0.2, 0.25) is 5.02 Å². The molecule has 0 aliphatic carbocycles. The van der Waals surface area contributed by atoms with E-state index >= 15 is 0 Å². The number of rotatable bonds is 7. The molecule has 6 nitrogen and oxygen atoms in total. The number of nitro groups is 1. The van der Waals surface area contributed by atoms with Crippen LogP contribution >= 0.6 is 11.6 Å². The largest absolute Gasteiger partial charge is 0.492 e. The van der Waals surface area contributed by atoms with Gasteiger partial charge in [0.25, 0.3) is 5.69 Å². The van der Waals surface area contributed by atoms with E-state index in [1.165, 1.54) is 18.2 Å². The Bertz CT molecular complexity index is 530. The zero-order chi connectivity index (χ0) is 15.2. The highest BCUT2D eigenvalue weighted by molar-refractivity contribution is 6.32. The molecule has 0 saturated carbocycles. The second-order valence-electron chi connectivity index (χ2n) is 4.45. The van der Waals surface area contributed by atoms with E-state index in [1.807, 2.05) is 6.92 Å². The maximum atomic E-state index is 10.6. The second kappa shape index (κ2) is 7.08. The van der Waals surface area contributed by atoms with E-state index in [0.717, 1.165) is 0 Å². The first-order valence-corrected chi connectivity index (χ1v) is 6.56. The standard InChI is InChI=1S/C13H16ClN3O3/c1-2-13(16,9-15)6-3-7-20-12-5-4-10(17(18)19)8-11(12)14/h4-5,8H,2-3,6-7,16H2,1H3. The zero-order valence-corrected chi connectivity index (χ0v) is 11.9. The van der Waals surface area contributed by atoms with Gasteiger partial charge in [-0.05, 0) is 25.3 Å². The normalized spacial score (nSPS) is 13.3. The molecule has 0 fully saturated rings. The van der Waals surface area contributed by atoms with Crippen molar-refractivity contribution in [3.05, 3.63) is 33.3 Å². The predicted octanol–water partition coefficient (Wildman–Crippen LogP) is 3.04. The summed E-state index contributed by atoms with van der Waals surface area (Å²) in [5, 5.41) is 19.7. The van der Waals surface area contributed by atoms with E-state index in [1.54, 1.807) is 0 Å². The molecule has 0 spiro atoms. The third-order valence-electron chi connectivity index (χ3n) is 3.00. The molecule has 2 N–H and O–H groups in total. The van der Waals surface area contributed by atoms with Gasteiger partial charge in [-0.3, -0.25) is 10.1 Å². The van der Waals surface area contributed by atoms with Gasteiger partial charge in [-0.2, -0.15) is 5.26 Å². The average Bonchev–Trinajstić information content (AvgIpc) is 2.44. The maximum Gasteiger partial charge on any atom is 0.271 e. The molecule has 0 heterocycles. The molecule has 0 radical (unpaired) electrons. The van der Waals surface area contributed by atoms with Gasteiger partial charge < -0.3 is 10.5 Å². The lowest BCUT2D eigenvalue weighted by molar-refractivity contribution is -0.384. The Kier molecular flexibility index (Phi) is 5.74. The third-order valence-corrected chi connectivity index (χ3v) is 3.30. The lowest BCUT2D eigenvalue weighted by atomic mass is 9.94. The highest BCUT2D eigenvalue weighted by Gasteiger charge is 2.21. The zero-order valence-electron chi connectivity index (χ0n) is 11.1. The Balaban J connectivity index is 2.51.